The maximum Gasteiger partial charge on any atom is 0.265 e. The minimum absolute atomic E-state index is 0.257. The van der Waals surface area contributed by atoms with E-state index in [4.69, 9.17) is 17.3 Å². The number of rotatable bonds is 3. The van der Waals surface area contributed by atoms with Gasteiger partial charge >= 0.3 is 0 Å². The maximum atomic E-state index is 12.8. The third-order valence-corrected chi connectivity index (χ3v) is 5.69. The zero-order valence-corrected chi connectivity index (χ0v) is 15.8. The summed E-state index contributed by atoms with van der Waals surface area (Å²) < 4.78 is 0.905. The number of para-hydroxylation sites is 1. The van der Waals surface area contributed by atoms with Crippen molar-refractivity contribution in [3.63, 3.8) is 0 Å². The summed E-state index contributed by atoms with van der Waals surface area (Å²) in [5.74, 6) is -0.933. The summed E-state index contributed by atoms with van der Waals surface area (Å²) in [6, 6.07) is 14.3. The Bertz CT molecular complexity index is 1230. The number of nitrogens with one attached hydrogen (secondary N) is 1. The monoisotopic (exact) mass is 395 g/mol. The van der Waals surface area contributed by atoms with Crippen LogP contribution in [0.1, 0.15) is 25.6 Å². The number of fused-ring (bicyclic) bond motifs is 3. The summed E-state index contributed by atoms with van der Waals surface area (Å²) in [5.41, 5.74) is 7.89. The first-order valence-corrected chi connectivity index (χ1v) is 9.33. The Morgan fingerprint density at radius 1 is 1.11 bits per heavy atom. The van der Waals surface area contributed by atoms with Crippen molar-refractivity contribution >= 4 is 61.4 Å². The lowest BCUT2D eigenvalue weighted by molar-refractivity contribution is 0.100. The van der Waals surface area contributed by atoms with Gasteiger partial charge in [0.1, 0.15) is 5.15 Å². The highest BCUT2D eigenvalue weighted by atomic mass is 35.5. The van der Waals surface area contributed by atoms with Crippen LogP contribution in [0.2, 0.25) is 5.15 Å². The van der Waals surface area contributed by atoms with E-state index in [1.54, 1.807) is 30.3 Å². The smallest absolute Gasteiger partial charge is 0.265 e. The van der Waals surface area contributed by atoms with Crippen molar-refractivity contribution in [3.8, 4) is 0 Å². The number of benzene rings is 2. The van der Waals surface area contributed by atoms with Gasteiger partial charge in [-0.3, -0.25) is 9.59 Å². The minimum Gasteiger partial charge on any atom is -0.366 e. The van der Waals surface area contributed by atoms with Crippen molar-refractivity contribution in [3.05, 3.63) is 69.7 Å². The second-order valence-electron chi connectivity index (χ2n) is 6.14. The van der Waals surface area contributed by atoms with Crippen LogP contribution in [0.25, 0.3) is 21.0 Å². The molecule has 2 amide bonds. The zero-order chi connectivity index (χ0) is 19.1. The van der Waals surface area contributed by atoms with Gasteiger partial charge in [-0.1, -0.05) is 35.4 Å². The van der Waals surface area contributed by atoms with E-state index in [0.29, 0.717) is 15.7 Å². The Hall–Kier alpha value is -2.96. The van der Waals surface area contributed by atoms with E-state index < -0.39 is 5.91 Å². The summed E-state index contributed by atoms with van der Waals surface area (Å²) in [6.45, 7) is 2.00. The number of halogens is 1. The van der Waals surface area contributed by atoms with E-state index in [2.05, 4.69) is 10.3 Å². The van der Waals surface area contributed by atoms with E-state index in [-0.39, 0.29) is 11.5 Å². The van der Waals surface area contributed by atoms with Crippen LogP contribution in [0.15, 0.2) is 48.5 Å². The number of pyridine rings is 1. The Morgan fingerprint density at radius 2 is 1.89 bits per heavy atom. The van der Waals surface area contributed by atoms with Gasteiger partial charge in [-0.15, -0.1) is 11.3 Å². The van der Waals surface area contributed by atoms with E-state index in [9.17, 15) is 9.59 Å². The van der Waals surface area contributed by atoms with Gasteiger partial charge in [-0.25, -0.2) is 4.98 Å². The van der Waals surface area contributed by atoms with E-state index in [1.807, 2.05) is 25.1 Å². The van der Waals surface area contributed by atoms with Gasteiger partial charge in [0.25, 0.3) is 11.8 Å². The number of carbonyl (C=O) groups is 2. The van der Waals surface area contributed by atoms with Gasteiger partial charge in [0.15, 0.2) is 0 Å². The molecule has 5 nitrogen and oxygen atoms in total. The van der Waals surface area contributed by atoms with Crippen molar-refractivity contribution in [1.29, 1.82) is 0 Å². The molecule has 0 aliphatic heterocycles. The minimum atomic E-state index is -0.601. The molecule has 0 unspecified atom stereocenters. The number of anilines is 1. The average molecular weight is 396 g/mol. The molecule has 0 saturated carbocycles. The average Bonchev–Trinajstić information content (AvgIpc) is 3.09. The number of thiophene rings is 1. The highest BCUT2D eigenvalue weighted by Crippen LogP contribution is 2.36. The SMILES string of the molecule is Cc1ccc2nc(Cl)c3cc(C(=O)Nc4ccccc4C(N)=O)sc3c2c1. The number of aromatic nitrogens is 1. The largest absolute Gasteiger partial charge is 0.366 e. The number of nitrogens with zero attached hydrogens (tertiary/aromatic N) is 1. The van der Waals surface area contributed by atoms with Crippen LogP contribution in [-0.4, -0.2) is 16.8 Å². The second kappa shape index (κ2) is 6.64. The molecule has 0 atom stereocenters. The third-order valence-electron chi connectivity index (χ3n) is 4.23. The molecule has 3 N–H and O–H groups in total. The number of carbonyl (C=O) groups excluding carboxylic acids is 2. The predicted octanol–water partition coefficient (Wildman–Crippen LogP) is 4.76. The van der Waals surface area contributed by atoms with Gasteiger partial charge in [0.05, 0.1) is 21.6 Å². The first kappa shape index (κ1) is 17.5. The van der Waals surface area contributed by atoms with Crippen LogP contribution < -0.4 is 11.1 Å². The van der Waals surface area contributed by atoms with E-state index >= 15 is 0 Å². The number of hydrogen-bond acceptors (Lipinski definition) is 4. The first-order chi connectivity index (χ1) is 12.9. The van der Waals surface area contributed by atoms with Gasteiger partial charge in [-0.2, -0.15) is 0 Å². The maximum absolute atomic E-state index is 12.8. The van der Waals surface area contributed by atoms with Crippen LogP contribution in [0.3, 0.4) is 0 Å². The molecule has 0 saturated heterocycles. The van der Waals surface area contributed by atoms with Crippen LogP contribution in [0.4, 0.5) is 5.69 Å². The summed E-state index contributed by atoms with van der Waals surface area (Å²) >= 11 is 7.66. The topological polar surface area (TPSA) is 85.1 Å². The molecule has 2 heterocycles. The summed E-state index contributed by atoms with van der Waals surface area (Å²) in [6.07, 6.45) is 0. The number of primary amides is 1. The molecule has 0 aliphatic rings. The van der Waals surface area contributed by atoms with Crippen molar-refractivity contribution < 1.29 is 9.59 Å². The highest BCUT2D eigenvalue weighted by molar-refractivity contribution is 7.22. The van der Waals surface area contributed by atoms with Gasteiger partial charge in [0.2, 0.25) is 0 Å². The molecular formula is C20H14ClN3O2S. The molecule has 0 fully saturated rings. The highest BCUT2D eigenvalue weighted by Gasteiger charge is 2.17. The first-order valence-electron chi connectivity index (χ1n) is 8.13. The van der Waals surface area contributed by atoms with Crippen LogP contribution in [-0.2, 0) is 0 Å². The third kappa shape index (κ3) is 3.13. The second-order valence-corrected chi connectivity index (χ2v) is 7.55. The molecule has 0 aliphatic carbocycles. The van der Waals surface area contributed by atoms with E-state index in [1.165, 1.54) is 11.3 Å². The van der Waals surface area contributed by atoms with Crippen LogP contribution >= 0.6 is 22.9 Å². The molecule has 4 rings (SSSR count). The van der Waals surface area contributed by atoms with Crippen molar-refractivity contribution in [2.24, 2.45) is 5.73 Å². The number of hydrogen-bond donors (Lipinski definition) is 2. The van der Waals surface area contributed by atoms with Crippen molar-refractivity contribution in [2.45, 2.75) is 6.92 Å². The molecule has 0 spiro atoms. The number of amides is 2. The van der Waals surface area contributed by atoms with Crippen molar-refractivity contribution in [2.75, 3.05) is 5.32 Å². The quantitative estimate of drug-likeness (QED) is 0.490. The zero-order valence-electron chi connectivity index (χ0n) is 14.2. The fourth-order valence-electron chi connectivity index (χ4n) is 2.94. The molecule has 7 heteroatoms. The molecule has 0 radical (unpaired) electrons. The van der Waals surface area contributed by atoms with Crippen LogP contribution in [0.5, 0.6) is 0 Å². The fourth-order valence-corrected chi connectivity index (χ4v) is 4.32. The molecule has 0 bridgehead atoms. The van der Waals surface area contributed by atoms with Gasteiger partial charge < -0.3 is 11.1 Å². The Labute approximate surface area is 163 Å². The molecule has 2 aromatic heterocycles. The Kier molecular flexibility index (Phi) is 4.30. The van der Waals surface area contributed by atoms with Crippen molar-refractivity contribution in [1.82, 2.24) is 4.98 Å². The molecular weight excluding hydrogens is 382 g/mol. The molecule has 2 aromatic carbocycles. The lowest BCUT2D eigenvalue weighted by atomic mass is 10.1. The molecule has 27 heavy (non-hydrogen) atoms. The number of nitrogens with two attached hydrogens (primary N) is 1. The standard InChI is InChI=1S/C20H14ClN3O2S/c1-10-6-7-15-12(8-10)17-13(18(21)23-15)9-16(27-17)20(26)24-14-5-3-2-4-11(14)19(22)25/h2-9H,1H3,(H2,22,25)(H,24,26). The molecule has 134 valence electrons. The van der Waals surface area contributed by atoms with Gasteiger partial charge in [0, 0.05) is 15.5 Å². The molecule has 4 aromatic rings. The normalized spacial score (nSPS) is 11.0. The fraction of sp³-hybridized carbons (Fsp3) is 0.0500. The van der Waals surface area contributed by atoms with Gasteiger partial charge in [-0.05, 0) is 37.3 Å². The van der Waals surface area contributed by atoms with Crippen LogP contribution in [0, 0.1) is 6.92 Å². The Morgan fingerprint density at radius 3 is 2.67 bits per heavy atom. The predicted molar refractivity (Wildman–Crippen MR) is 110 cm³/mol. The number of aryl methyl sites for hydroxylation is 1. The summed E-state index contributed by atoms with van der Waals surface area (Å²) in [7, 11) is 0. The Balaban J connectivity index is 1.79. The van der Waals surface area contributed by atoms with E-state index in [0.717, 1.165) is 26.6 Å². The summed E-state index contributed by atoms with van der Waals surface area (Å²) in [4.78, 5) is 29.2. The lowest BCUT2D eigenvalue weighted by Crippen LogP contribution is -2.17. The lowest BCUT2D eigenvalue weighted by Gasteiger charge is -2.07. The summed E-state index contributed by atoms with van der Waals surface area (Å²) in [5, 5.41) is 4.80.